The number of carbonyl (C=O) groups excluding carboxylic acids is 1. The third kappa shape index (κ3) is 9.54. The molecule has 0 saturated heterocycles. The van der Waals surface area contributed by atoms with Gasteiger partial charge in [0, 0.05) is 12.8 Å². The smallest absolute Gasteiger partial charge is 0.414 e. The minimum Gasteiger partial charge on any atom is -0.473 e. The van der Waals surface area contributed by atoms with Gasteiger partial charge in [0.1, 0.15) is 5.60 Å². The Morgan fingerprint density at radius 2 is 1.52 bits per heavy atom. The summed E-state index contributed by atoms with van der Waals surface area (Å²) in [6.07, 6.45) is 0.760. The molecule has 1 rings (SSSR count). The van der Waals surface area contributed by atoms with Crippen molar-refractivity contribution in [2.24, 2.45) is 0 Å². The van der Waals surface area contributed by atoms with Crippen molar-refractivity contribution < 1.29 is 29.7 Å². The maximum atomic E-state index is 12.1. The molecule has 1 aromatic rings. The fourth-order valence-corrected chi connectivity index (χ4v) is 2.05. The quantitative estimate of drug-likeness (QED) is 0.490. The van der Waals surface area contributed by atoms with E-state index >= 15 is 0 Å². The van der Waals surface area contributed by atoms with Crippen LogP contribution < -0.4 is 0 Å². The number of aliphatic carboxylic acids is 2. The van der Waals surface area contributed by atoms with E-state index in [1.165, 1.54) is 0 Å². The highest BCUT2D eigenvalue weighted by molar-refractivity contribution is 6.27. The lowest BCUT2D eigenvalue weighted by atomic mass is 9.89. The third-order valence-electron chi connectivity index (χ3n) is 3.86. The largest absolute Gasteiger partial charge is 0.473 e. The topological polar surface area (TPSA) is 115 Å². The second-order valence-electron chi connectivity index (χ2n) is 5.79. The summed E-state index contributed by atoms with van der Waals surface area (Å²) in [6.45, 7) is 8.45. The SMILES string of the molecule is CCN(CC)CC#CCCC(=O)C(C)(O)c1ccccc1.O=C(O)C(=O)O. The Kier molecular flexibility index (Phi) is 11.4. The van der Waals surface area contributed by atoms with E-state index in [0.717, 1.165) is 19.6 Å². The molecule has 0 radical (unpaired) electrons. The molecule has 0 aliphatic carbocycles. The maximum absolute atomic E-state index is 12.1. The van der Waals surface area contributed by atoms with E-state index in [4.69, 9.17) is 19.8 Å². The molecule has 0 aliphatic heterocycles. The van der Waals surface area contributed by atoms with Crippen LogP contribution in [0.25, 0.3) is 0 Å². The fraction of sp³-hybridized carbons (Fsp3) is 0.450. The Hall–Kier alpha value is -2.69. The molecule has 3 N–H and O–H groups in total. The van der Waals surface area contributed by atoms with Crippen LogP contribution in [-0.2, 0) is 20.0 Å². The Morgan fingerprint density at radius 3 is 1.96 bits per heavy atom. The first-order chi connectivity index (χ1) is 12.7. The molecular weight excluding hydrogens is 350 g/mol. The van der Waals surface area contributed by atoms with Gasteiger partial charge in [-0.15, -0.1) is 5.92 Å². The van der Waals surface area contributed by atoms with Gasteiger partial charge in [-0.2, -0.15) is 0 Å². The van der Waals surface area contributed by atoms with Crippen LogP contribution in [0.2, 0.25) is 0 Å². The average Bonchev–Trinajstić information content (AvgIpc) is 2.65. The molecule has 0 saturated carbocycles. The van der Waals surface area contributed by atoms with Crippen molar-refractivity contribution in [2.45, 2.75) is 39.2 Å². The highest BCUT2D eigenvalue weighted by atomic mass is 16.4. The molecule has 1 unspecified atom stereocenters. The van der Waals surface area contributed by atoms with Gasteiger partial charge in [-0.3, -0.25) is 9.69 Å². The number of Topliss-reactive ketones (excluding diaryl/α,β-unsaturated/α-hetero) is 1. The fourth-order valence-electron chi connectivity index (χ4n) is 2.05. The number of aliphatic hydroxyl groups is 1. The van der Waals surface area contributed by atoms with Crippen LogP contribution in [0.1, 0.15) is 39.2 Å². The summed E-state index contributed by atoms with van der Waals surface area (Å²) in [7, 11) is 0. The van der Waals surface area contributed by atoms with Gasteiger partial charge in [-0.25, -0.2) is 9.59 Å². The summed E-state index contributed by atoms with van der Waals surface area (Å²) < 4.78 is 0. The summed E-state index contributed by atoms with van der Waals surface area (Å²) in [6, 6.07) is 9.04. The Labute approximate surface area is 159 Å². The monoisotopic (exact) mass is 377 g/mol. The van der Waals surface area contributed by atoms with Crippen LogP contribution in [0.3, 0.4) is 0 Å². The van der Waals surface area contributed by atoms with Gasteiger partial charge < -0.3 is 15.3 Å². The summed E-state index contributed by atoms with van der Waals surface area (Å²) in [5.41, 5.74) is -0.798. The number of carboxylic acid groups (broad SMARTS) is 2. The second kappa shape index (κ2) is 12.6. The van der Waals surface area contributed by atoms with E-state index in [9.17, 15) is 9.90 Å². The number of hydrogen-bond donors (Lipinski definition) is 3. The third-order valence-corrected chi connectivity index (χ3v) is 3.86. The molecule has 0 spiro atoms. The van der Waals surface area contributed by atoms with Gasteiger partial charge in [0.15, 0.2) is 5.78 Å². The van der Waals surface area contributed by atoms with Crippen molar-refractivity contribution in [2.75, 3.05) is 19.6 Å². The van der Waals surface area contributed by atoms with Crippen molar-refractivity contribution >= 4 is 17.7 Å². The molecule has 7 nitrogen and oxygen atoms in total. The molecule has 0 aliphatic rings. The van der Waals surface area contributed by atoms with Crippen molar-refractivity contribution in [3.05, 3.63) is 35.9 Å². The van der Waals surface area contributed by atoms with Gasteiger partial charge >= 0.3 is 11.9 Å². The number of rotatable bonds is 7. The minimum atomic E-state index is -1.82. The number of nitrogens with zero attached hydrogens (tertiary/aromatic N) is 1. The number of benzene rings is 1. The summed E-state index contributed by atoms with van der Waals surface area (Å²) in [4.78, 5) is 32.6. The van der Waals surface area contributed by atoms with E-state index in [1.54, 1.807) is 19.1 Å². The zero-order chi connectivity index (χ0) is 20.9. The molecular formula is C20H27NO6. The van der Waals surface area contributed by atoms with E-state index < -0.39 is 17.5 Å². The van der Waals surface area contributed by atoms with Gasteiger partial charge in [-0.1, -0.05) is 50.1 Å². The second-order valence-corrected chi connectivity index (χ2v) is 5.79. The van der Waals surface area contributed by atoms with Crippen LogP contribution in [-0.4, -0.2) is 57.6 Å². The number of carbonyl (C=O) groups is 3. The van der Waals surface area contributed by atoms with Crippen LogP contribution >= 0.6 is 0 Å². The first kappa shape index (κ1) is 24.3. The van der Waals surface area contributed by atoms with Gasteiger partial charge in [0.05, 0.1) is 6.54 Å². The van der Waals surface area contributed by atoms with Gasteiger partial charge in [0.25, 0.3) is 0 Å². The van der Waals surface area contributed by atoms with Crippen LogP contribution in [0.15, 0.2) is 30.3 Å². The van der Waals surface area contributed by atoms with E-state index in [2.05, 4.69) is 30.6 Å². The molecule has 0 heterocycles. The molecule has 7 heteroatoms. The number of ketones is 1. The van der Waals surface area contributed by atoms with Crippen molar-refractivity contribution in [1.29, 1.82) is 0 Å². The van der Waals surface area contributed by atoms with Crippen LogP contribution in [0.5, 0.6) is 0 Å². The Morgan fingerprint density at radius 1 is 1.00 bits per heavy atom. The van der Waals surface area contributed by atoms with E-state index in [0.29, 0.717) is 12.0 Å². The maximum Gasteiger partial charge on any atom is 0.414 e. The molecule has 0 amide bonds. The lowest BCUT2D eigenvalue weighted by Gasteiger charge is -2.21. The van der Waals surface area contributed by atoms with E-state index in [1.807, 2.05) is 18.2 Å². The normalized spacial score (nSPS) is 12.0. The molecule has 0 aromatic heterocycles. The summed E-state index contributed by atoms with van der Waals surface area (Å²) >= 11 is 0. The minimum absolute atomic E-state index is 0.189. The number of carboxylic acids is 2. The van der Waals surface area contributed by atoms with Gasteiger partial charge in [0.2, 0.25) is 0 Å². The first-order valence-electron chi connectivity index (χ1n) is 8.62. The van der Waals surface area contributed by atoms with Crippen LogP contribution in [0, 0.1) is 11.8 Å². The highest BCUT2D eigenvalue weighted by Gasteiger charge is 2.30. The number of hydrogen-bond acceptors (Lipinski definition) is 5. The van der Waals surface area contributed by atoms with Crippen molar-refractivity contribution in [3.63, 3.8) is 0 Å². The summed E-state index contributed by atoms with van der Waals surface area (Å²) in [5.74, 6) is 2.25. The highest BCUT2D eigenvalue weighted by Crippen LogP contribution is 2.23. The van der Waals surface area contributed by atoms with Gasteiger partial charge in [-0.05, 0) is 25.6 Å². The Bertz CT molecular complexity index is 657. The summed E-state index contributed by atoms with van der Waals surface area (Å²) in [5, 5.41) is 25.2. The molecule has 1 atom stereocenters. The van der Waals surface area contributed by atoms with Crippen molar-refractivity contribution in [1.82, 2.24) is 4.90 Å². The Balaban J connectivity index is 0.000000972. The predicted molar refractivity (Wildman–Crippen MR) is 101 cm³/mol. The zero-order valence-electron chi connectivity index (χ0n) is 15.9. The lowest BCUT2D eigenvalue weighted by molar-refractivity contribution is -0.159. The molecule has 0 bridgehead atoms. The molecule has 1 aromatic carbocycles. The molecule has 0 fully saturated rings. The first-order valence-corrected chi connectivity index (χ1v) is 8.62. The molecule has 148 valence electrons. The average molecular weight is 377 g/mol. The van der Waals surface area contributed by atoms with E-state index in [-0.39, 0.29) is 12.2 Å². The predicted octanol–water partition coefficient (Wildman–Crippen LogP) is 1.74. The molecule has 27 heavy (non-hydrogen) atoms. The van der Waals surface area contributed by atoms with Crippen LogP contribution in [0.4, 0.5) is 0 Å². The standard InChI is InChI=1S/C18H25NO2.C2H2O4/c1-4-19(5-2)15-11-7-10-14-17(20)18(3,21)16-12-8-6-9-13-16;3-1(4)2(5)6/h6,8-9,12-13,21H,4-5,10,14-15H2,1-3H3;(H,3,4)(H,5,6). The zero-order valence-corrected chi connectivity index (χ0v) is 15.9. The lowest BCUT2D eigenvalue weighted by Crippen LogP contribution is -2.31. The van der Waals surface area contributed by atoms with Crippen molar-refractivity contribution in [3.8, 4) is 11.8 Å².